The van der Waals surface area contributed by atoms with Crippen molar-refractivity contribution in [2.75, 3.05) is 13.7 Å². The summed E-state index contributed by atoms with van der Waals surface area (Å²) in [4.78, 5) is 32.8. The van der Waals surface area contributed by atoms with Gasteiger partial charge in [-0.1, -0.05) is 54.5 Å². The Kier molecular flexibility index (Phi) is 7.27. The number of thiazole rings is 1. The first-order valence-electron chi connectivity index (χ1n) is 12.5. The van der Waals surface area contributed by atoms with Gasteiger partial charge in [0.25, 0.3) is 5.56 Å². The number of methoxy groups -OCH3 is 1. The Morgan fingerprint density at radius 1 is 1.21 bits per heavy atom. The fraction of sp³-hybridized carbons (Fsp3) is 0.276. The van der Waals surface area contributed by atoms with Crippen molar-refractivity contribution < 1.29 is 14.3 Å². The Morgan fingerprint density at radius 2 is 2.00 bits per heavy atom. The smallest absolute Gasteiger partial charge is 0.338 e. The molecule has 5 rings (SSSR count). The minimum atomic E-state index is -0.796. The van der Waals surface area contributed by atoms with E-state index in [2.05, 4.69) is 0 Å². The van der Waals surface area contributed by atoms with Gasteiger partial charge in [-0.15, -0.1) is 0 Å². The van der Waals surface area contributed by atoms with Gasteiger partial charge in [-0.2, -0.15) is 0 Å². The third kappa shape index (κ3) is 4.48. The van der Waals surface area contributed by atoms with Crippen LogP contribution in [0.25, 0.3) is 17.0 Å². The minimum absolute atomic E-state index is 0.201. The molecule has 0 radical (unpaired) electrons. The Bertz CT molecular complexity index is 1760. The lowest BCUT2D eigenvalue weighted by molar-refractivity contribution is -0.139. The first kappa shape index (κ1) is 26.0. The number of hydrogen-bond acceptors (Lipinski definition) is 6. The zero-order valence-corrected chi connectivity index (χ0v) is 23.2. The molecule has 0 aliphatic carbocycles. The fourth-order valence-corrected chi connectivity index (χ4v) is 6.15. The van der Waals surface area contributed by atoms with Crippen molar-refractivity contribution in [2.45, 2.75) is 32.7 Å². The van der Waals surface area contributed by atoms with E-state index in [1.807, 2.05) is 55.1 Å². The number of nitrogens with zero attached hydrogens (tertiary/aromatic N) is 3. The topological polar surface area (TPSA) is 74.8 Å². The van der Waals surface area contributed by atoms with E-state index in [1.165, 1.54) is 11.3 Å². The Hall–Kier alpha value is -3.62. The molecule has 1 aliphatic rings. The fourth-order valence-electron chi connectivity index (χ4n) is 4.96. The van der Waals surface area contributed by atoms with Crippen molar-refractivity contribution in [3.63, 3.8) is 0 Å². The van der Waals surface area contributed by atoms with Crippen LogP contribution in [-0.4, -0.2) is 28.8 Å². The second-order valence-electron chi connectivity index (χ2n) is 9.01. The number of halogens is 1. The zero-order chi connectivity index (χ0) is 27.0. The molecular weight excluding hydrogens is 522 g/mol. The SMILES string of the molecule is CCCC1=C(C(=O)OCC)[C@@H](c2cc(Cl)ccc2OC)n2c(s/c(=C/c3cn(C)c4ccccc34)c2=O)=N1. The largest absolute Gasteiger partial charge is 0.496 e. The molecule has 0 N–H and O–H groups in total. The van der Waals surface area contributed by atoms with Gasteiger partial charge in [-0.3, -0.25) is 9.36 Å². The predicted octanol–water partition coefficient (Wildman–Crippen LogP) is 4.73. The summed E-state index contributed by atoms with van der Waals surface area (Å²) in [5, 5.41) is 1.52. The Balaban J connectivity index is 1.82. The van der Waals surface area contributed by atoms with Gasteiger partial charge in [0.1, 0.15) is 11.8 Å². The molecule has 9 heteroatoms. The van der Waals surface area contributed by atoms with Gasteiger partial charge in [0, 0.05) is 40.3 Å². The molecule has 0 saturated heterocycles. The number of fused-ring (bicyclic) bond motifs is 2. The van der Waals surface area contributed by atoms with Gasteiger partial charge in [-0.05, 0) is 43.7 Å². The summed E-state index contributed by atoms with van der Waals surface area (Å²) in [6, 6.07) is 12.5. The molecule has 38 heavy (non-hydrogen) atoms. The van der Waals surface area contributed by atoms with Gasteiger partial charge in [0.05, 0.1) is 29.5 Å². The van der Waals surface area contributed by atoms with Crippen LogP contribution in [0.4, 0.5) is 0 Å². The maximum Gasteiger partial charge on any atom is 0.338 e. The molecule has 0 amide bonds. The minimum Gasteiger partial charge on any atom is -0.496 e. The molecule has 7 nitrogen and oxygen atoms in total. The Labute approximate surface area is 228 Å². The monoisotopic (exact) mass is 549 g/mol. The molecular formula is C29H28ClN3O4S. The first-order valence-corrected chi connectivity index (χ1v) is 13.7. The third-order valence-corrected chi connectivity index (χ3v) is 7.81. The number of hydrogen-bond donors (Lipinski definition) is 0. The lowest BCUT2D eigenvalue weighted by Crippen LogP contribution is -2.40. The number of carbonyl (C=O) groups is 1. The predicted molar refractivity (Wildman–Crippen MR) is 151 cm³/mol. The maximum absolute atomic E-state index is 14.0. The number of aromatic nitrogens is 2. The normalized spacial score (nSPS) is 15.5. The van der Waals surface area contributed by atoms with E-state index in [0.717, 1.165) is 22.9 Å². The van der Waals surface area contributed by atoms with E-state index in [4.69, 9.17) is 26.1 Å². The second-order valence-corrected chi connectivity index (χ2v) is 10.5. The third-order valence-electron chi connectivity index (χ3n) is 6.59. The van der Waals surface area contributed by atoms with Crippen LogP contribution in [0.3, 0.4) is 0 Å². The highest BCUT2D eigenvalue weighted by atomic mass is 35.5. The number of rotatable bonds is 7. The van der Waals surface area contributed by atoms with Gasteiger partial charge < -0.3 is 14.0 Å². The first-order chi connectivity index (χ1) is 18.4. The number of allylic oxidation sites excluding steroid dienone is 1. The summed E-state index contributed by atoms with van der Waals surface area (Å²) in [7, 11) is 3.53. The van der Waals surface area contributed by atoms with Crippen LogP contribution in [0, 0.1) is 0 Å². The molecule has 1 aliphatic heterocycles. The molecule has 0 spiro atoms. The average molecular weight is 550 g/mol. The van der Waals surface area contributed by atoms with Crippen LogP contribution in [0.2, 0.25) is 5.02 Å². The van der Waals surface area contributed by atoms with E-state index < -0.39 is 12.0 Å². The molecule has 0 bridgehead atoms. The van der Waals surface area contributed by atoms with Crippen molar-refractivity contribution >= 4 is 45.9 Å². The van der Waals surface area contributed by atoms with E-state index in [0.29, 0.717) is 43.4 Å². The standard InChI is InChI=1S/C29H28ClN3O4S/c1-5-9-21-25(28(35)37-6-2)26(20-15-18(30)12-13-23(20)36-4)33-27(34)24(38-29(33)31-21)14-17-16-32(3)22-11-8-7-10-19(17)22/h7-8,10-16,26H,5-6,9H2,1-4H3/b24-14+/t26-/m1/s1. The molecule has 3 heterocycles. The van der Waals surface area contributed by atoms with Gasteiger partial charge in [-0.25, -0.2) is 9.79 Å². The highest BCUT2D eigenvalue weighted by Gasteiger charge is 2.36. The molecule has 0 saturated carbocycles. The van der Waals surface area contributed by atoms with Crippen molar-refractivity contribution in [2.24, 2.45) is 12.0 Å². The van der Waals surface area contributed by atoms with Crippen molar-refractivity contribution in [3.8, 4) is 5.75 Å². The quantitative estimate of drug-likeness (QED) is 0.312. The highest BCUT2D eigenvalue weighted by molar-refractivity contribution is 7.07. The molecule has 4 aromatic rings. The van der Waals surface area contributed by atoms with Crippen molar-refractivity contribution in [1.29, 1.82) is 0 Å². The van der Waals surface area contributed by atoms with Gasteiger partial charge in [0.2, 0.25) is 0 Å². The average Bonchev–Trinajstić information content (AvgIpc) is 3.39. The number of ether oxygens (including phenoxy) is 2. The molecule has 0 fully saturated rings. The summed E-state index contributed by atoms with van der Waals surface area (Å²) in [6.45, 7) is 3.98. The molecule has 196 valence electrons. The molecule has 0 unspecified atom stereocenters. The van der Waals surface area contributed by atoms with E-state index >= 15 is 0 Å². The van der Waals surface area contributed by atoms with Crippen molar-refractivity contribution in [3.05, 3.63) is 95.8 Å². The zero-order valence-electron chi connectivity index (χ0n) is 21.7. The summed E-state index contributed by atoms with van der Waals surface area (Å²) in [5.41, 5.74) is 3.30. The van der Waals surface area contributed by atoms with E-state index in [9.17, 15) is 9.59 Å². The summed E-state index contributed by atoms with van der Waals surface area (Å²) >= 11 is 7.72. The van der Waals surface area contributed by atoms with Crippen LogP contribution >= 0.6 is 22.9 Å². The maximum atomic E-state index is 14.0. The van der Waals surface area contributed by atoms with Crippen LogP contribution in [-0.2, 0) is 16.6 Å². The number of carbonyl (C=O) groups excluding carboxylic acids is 1. The summed E-state index contributed by atoms with van der Waals surface area (Å²) < 4.78 is 15.3. The van der Waals surface area contributed by atoms with Crippen LogP contribution in [0.5, 0.6) is 5.75 Å². The number of benzene rings is 2. The van der Waals surface area contributed by atoms with Gasteiger partial charge >= 0.3 is 5.97 Å². The lowest BCUT2D eigenvalue weighted by atomic mass is 9.93. The summed E-state index contributed by atoms with van der Waals surface area (Å²) in [6.07, 6.45) is 5.23. The van der Waals surface area contributed by atoms with E-state index in [-0.39, 0.29) is 12.2 Å². The van der Waals surface area contributed by atoms with Crippen molar-refractivity contribution in [1.82, 2.24) is 9.13 Å². The number of para-hydroxylation sites is 1. The summed E-state index contributed by atoms with van der Waals surface area (Å²) in [5.74, 6) is 0.0117. The highest BCUT2D eigenvalue weighted by Crippen LogP contribution is 2.38. The molecule has 2 aromatic heterocycles. The second kappa shape index (κ2) is 10.6. The van der Waals surface area contributed by atoms with Crippen LogP contribution in [0.1, 0.15) is 43.9 Å². The lowest BCUT2D eigenvalue weighted by Gasteiger charge is -2.27. The van der Waals surface area contributed by atoms with E-state index in [1.54, 1.807) is 36.8 Å². The molecule has 1 atom stereocenters. The number of aryl methyl sites for hydroxylation is 1. The Morgan fingerprint density at radius 3 is 2.74 bits per heavy atom. The van der Waals surface area contributed by atoms with Crippen LogP contribution < -0.4 is 19.6 Å². The molecule has 2 aromatic carbocycles. The van der Waals surface area contributed by atoms with Crippen LogP contribution in [0.15, 0.2) is 69.7 Å². The van der Waals surface area contributed by atoms with Gasteiger partial charge in [0.15, 0.2) is 4.80 Å². The number of esters is 1.